The van der Waals surface area contributed by atoms with E-state index >= 15 is 0 Å². The van der Waals surface area contributed by atoms with Crippen LogP contribution in [0.2, 0.25) is 5.02 Å². The summed E-state index contributed by atoms with van der Waals surface area (Å²) in [6, 6.07) is 10.5. The fourth-order valence-electron chi connectivity index (χ4n) is 2.34. The quantitative estimate of drug-likeness (QED) is 0.642. The number of rotatable bonds is 8. The monoisotopic (exact) mass is 391 g/mol. The van der Waals surface area contributed by atoms with Crippen molar-refractivity contribution >= 4 is 40.5 Å². The molecule has 2 aromatic rings. The van der Waals surface area contributed by atoms with Crippen LogP contribution in [0, 0.1) is 6.92 Å². The minimum atomic E-state index is -0.252. The summed E-state index contributed by atoms with van der Waals surface area (Å²) in [5.41, 5.74) is 2.68. The van der Waals surface area contributed by atoms with Crippen molar-refractivity contribution < 1.29 is 19.1 Å². The van der Waals surface area contributed by atoms with Crippen molar-refractivity contribution in [2.75, 3.05) is 43.3 Å². The predicted octanol–water partition coefficient (Wildman–Crippen LogP) is 3.29. The lowest BCUT2D eigenvalue weighted by molar-refractivity contribution is -0.119. The predicted molar refractivity (Wildman–Crippen MR) is 107 cm³/mol. The number of nitrogens with one attached hydrogen (secondary N) is 3. The molecule has 27 heavy (non-hydrogen) atoms. The van der Waals surface area contributed by atoms with Crippen molar-refractivity contribution in [2.24, 2.45) is 0 Å². The first-order valence-electron chi connectivity index (χ1n) is 8.19. The summed E-state index contributed by atoms with van der Waals surface area (Å²) >= 11 is 6.07. The summed E-state index contributed by atoms with van der Waals surface area (Å²) in [5.74, 6) is -0.0109. The van der Waals surface area contributed by atoms with E-state index in [0.29, 0.717) is 27.8 Å². The second-order valence-corrected chi connectivity index (χ2v) is 6.17. The Balaban J connectivity index is 1.96. The Kier molecular flexibility index (Phi) is 7.45. The summed E-state index contributed by atoms with van der Waals surface area (Å²) < 4.78 is 10.0. The van der Waals surface area contributed by atoms with Crippen LogP contribution >= 0.6 is 11.6 Å². The molecule has 2 rings (SSSR count). The van der Waals surface area contributed by atoms with E-state index in [2.05, 4.69) is 16.0 Å². The lowest BCUT2D eigenvalue weighted by atomic mass is 10.2. The van der Waals surface area contributed by atoms with Crippen LogP contribution < -0.4 is 20.7 Å². The Labute approximate surface area is 163 Å². The van der Waals surface area contributed by atoms with Crippen LogP contribution in [0.15, 0.2) is 36.4 Å². The maximum atomic E-state index is 12.2. The van der Waals surface area contributed by atoms with Crippen LogP contribution in [0.1, 0.15) is 5.56 Å². The van der Waals surface area contributed by atoms with Gasteiger partial charge in [0, 0.05) is 29.6 Å². The summed E-state index contributed by atoms with van der Waals surface area (Å²) in [4.78, 5) is 23.8. The molecule has 0 aromatic heterocycles. The molecule has 3 N–H and O–H groups in total. The molecule has 0 aliphatic heterocycles. The maximum Gasteiger partial charge on any atom is 0.250 e. The van der Waals surface area contributed by atoms with Gasteiger partial charge in [-0.1, -0.05) is 17.7 Å². The zero-order valence-corrected chi connectivity index (χ0v) is 16.1. The number of aryl methyl sites for hydroxylation is 1. The van der Waals surface area contributed by atoms with Crippen LogP contribution in [0.4, 0.5) is 17.1 Å². The second-order valence-electron chi connectivity index (χ2n) is 5.77. The van der Waals surface area contributed by atoms with Crippen LogP contribution in [0.5, 0.6) is 5.75 Å². The molecule has 8 heteroatoms. The van der Waals surface area contributed by atoms with E-state index in [1.54, 1.807) is 36.4 Å². The fourth-order valence-corrected chi connectivity index (χ4v) is 2.50. The Morgan fingerprint density at radius 2 is 1.78 bits per heavy atom. The van der Waals surface area contributed by atoms with E-state index < -0.39 is 0 Å². The number of amides is 2. The van der Waals surface area contributed by atoms with E-state index in [0.717, 1.165) is 5.56 Å². The van der Waals surface area contributed by atoms with Gasteiger partial charge >= 0.3 is 0 Å². The highest BCUT2D eigenvalue weighted by Gasteiger charge is 2.10. The Morgan fingerprint density at radius 1 is 1.04 bits per heavy atom. The second kappa shape index (κ2) is 9.80. The van der Waals surface area contributed by atoms with Gasteiger partial charge in [-0.3, -0.25) is 9.59 Å². The SMILES string of the molecule is COCC(=O)Nc1cccc(NCC(=O)Nc2cc(C)c(Cl)cc2OC)c1. The average molecular weight is 392 g/mol. The third-order valence-electron chi connectivity index (χ3n) is 3.63. The third kappa shape index (κ3) is 6.16. The molecule has 0 saturated heterocycles. The van der Waals surface area contributed by atoms with Gasteiger partial charge in [-0.25, -0.2) is 0 Å². The highest BCUT2D eigenvalue weighted by atomic mass is 35.5. The highest BCUT2D eigenvalue weighted by molar-refractivity contribution is 6.31. The lowest BCUT2D eigenvalue weighted by Crippen LogP contribution is -2.22. The zero-order chi connectivity index (χ0) is 19.8. The molecule has 0 heterocycles. The Hall–Kier alpha value is -2.77. The number of benzene rings is 2. The number of hydrogen-bond donors (Lipinski definition) is 3. The number of methoxy groups -OCH3 is 2. The van der Waals surface area contributed by atoms with Gasteiger partial charge in [0.1, 0.15) is 12.4 Å². The molecule has 0 atom stereocenters. The number of carbonyl (C=O) groups is 2. The molecule has 7 nitrogen and oxygen atoms in total. The van der Waals surface area contributed by atoms with Crippen LogP contribution in [0.25, 0.3) is 0 Å². The third-order valence-corrected chi connectivity index (χ3v) is 4.04. The van der Waals surface area contributed by atoms with Gasteiger partial charge < -0.3 is 25.4 Å². The van der Waals surface area contributed by atoms with Crippen molar-refractivity contribution in [3.05, 3.63) is 47.0 Å². The Morgan fingerprint density at radius 3 is 2.48 bits per heavy atom. The van der Waals surface area contributed by atoms with Crippen LogP contribution in [0.3, 0.4) is 0 Å². The lowest BCUT2D eigenvalue weighted by Gasteiger charge is -2.13. The number of anilines is 3. The van der Waals surface area contributed by atoms with Gasteiger partial charge in [-0.2, -0.15) is 0 Å². The van der Waals surface area contributed by atoms with Gasteiger partial charge in [0.05, 0.1) is 19.3 Å². The number of ether oxygens (including phenoxy) is 2. The largest absolute Gasteiger partial charge is 0.495 e. The minimum Gasteiger partial charge on any atom is -0.495 e. The zero-order valence-electron chi connectivity index (χ0n) is 15.4. The van der Waals surface area contributed by atoms with Gasteiger partial charge in [-0.15, -0.1) is 0 Å². The first kappa shape index (κ1) is 20.5. The molecule has 0 fully saturated rings. The van der Waals surface area contributed by atoms with Crippen molar-refractivity contribution in [1.82, 2.24) is 0 Å². The first-order chi connectivity index (χ1) is 12.9. The standard InChI is InChI=1S/C19H22ClN3O4/c1-12-7-16(17(27-3)9-15(12)20)23-18(24)10-21-13-5-4-6-14(8-13)22-19(25)11-26-2/h4-9,21H,10-11H2,1-3H3,(H,22,25)(H,23,24). The first-order valence-corrected chi connectivity index (χ1v) is 8.57. The Bertz CT molecular complexity index is 827. The van der Waals surface area contributed by atoms with Crippen molar-refractivity contribution in [1.29, 1.82) is 0 Å². The summed E-state index contributed by atoms with van der Waals surface area (Å²) in [6.07, 6.45) is 0. The van der Waals surface area contributed by atoms with Crippen molar-refractivity contribution in [2.45, 2.75) is 6.92 Å². The van der Waals surface area contributed by atoms with Gasteiger partial charge in [0.2, 0.25) is 11.8 Å². The van der Waals surface area contributed by atoms with E-state index in [9.17, 15) is 9.59 Å². The molecular weight excluding hydrogens is 370 g/mol. The number of hydrogen-bond acceptors (Lipinski definition) is 5. The number of carbonyl (C=O) groups excluding carboxylic acids is 2. The fraction of sp³-hybridized carbons (Fsp3) is 0.263. The summed E-state index contributed by atoms with van der Waals surface area (Å²) in [5, 5.41) is 9.07. The topological polar surface area (TPSA) is 88.7 Å². The molecule has 0 bridgehead atoms. The molecule has 144 valence electrons. The van der Waals surface area contributed by atoms with E-state index in [1.807, 2.05) is 6.92 Å². The molecule has 0 saturated carbocycles. The molecule has 2 aromatic carbocycles. The molecule has 0 aliphatic carbocycles. The minimum absolute atomic E-state index is 0.0254. The molecule has 0 unspecified atom stereocenters. The van der Waals surface area contributed by atoms with Crippen LogP contribution in [-0.4, -0.2) is 39.2 Å². The normalized spacial score (nSPS) is 10.2. The molecule has 0 radical (unpaired) electrons. The van der Waals surface area contributed by atoms with Crippen LogP contribution in [-0.2, 0) is 14.3 Å². The van der Waals surface area contributed by atoms with E-state index in [1.165, 1.54) is 14.2 Å². The maximum absolute atomic E-state index is 12.2. The summed E-state index contributed by atoms with van der Waals surface area (Å²) in [6.45, 7) is 1.86. The smallest absolute Gasteiger partial charge is 0.250 e. The molecule has 0 spiro atoms. The van der Waals surface area contributed by atoms with Gasteiger partial charge in [0.15, 0.2) is 0 Å². The van der Waals surface area contributed by atoms with Gasteiger partial charge in [-0.05, 0) is 36.8 Å². The molecule has 0 aliphatic rings. The molecule has 2 amide bonds. The highest BCUT2D eigenvalue weighted by Crippen LogP contribution is 2.30. The van der Waals surface area contributed by atoms with E-state index in [-0.39, 0.29) is 25.0 Å². The average Bonchev–Trinajstić information content (AvgIpc) is 2.63. The molecular formula is C19H22ClN3O4. The van der Waals surface area contributed by atoms with Crippen molar-refractivity contribution in [3.8, 4) is 5.75 Å². The van der Waals surface area contributed by atoms with Gasteiger partial charge in [0.25, 0.3) is 0 Å². The van der Waals surface area contributed by atoms with E-state index in [4.69, 9.17) is 21.1 Å². The number of halogens is 1. The van der Waals surface area contributed by atoms with Crippen molar-refractivity contribution in [3.63, 3.8) is 0 Å². The summed E-state index contributed by atoms with van der Waals surface area (Å²) in [7, 11) is 2.96.